The standard InChI is InChI=1S/C18H25BrN2O.ClH/c1-2-12(9-13-5-3-4-6-16(13)19)18(22)21-10-14-7-8-17(20)15(14)11-21;/h3-6,12,14-15,17H,2,7-11,20H2,1H3;1H. The number of rotatable bonds is 4. The quantitative estimate of drug-likeness (QED) is 0.837. The van der Waals surface area contributed by atoms with E-state index in [1.165, 1.54) is 12.0 Å². The van der Waals surface area contributed by atoms with Gasteiger partial charge in [0.2, 0.25) is 5.91 Å². The monoisotopic (exact) mass is 400 g/mol. The number of hydrogen-bond acceptors (Lipinski definition) is 2. The fourth-order valence-corrected chi connectivity index (χ4v) is 4.53. The summed E-state index contributed by atoms with van der Waals surface area (Å²) in [5, 5.41) is 0. The first-order chi connectivity index (χ1) is 10.6. The normalized spacial score (nSPS) is 27.4. The maximum atomic E-state index is 12.9. The van der Waals surface area contributed by atoms with Crippen molar-refractivity contribution < 1.29 is 4.79 Å². The van der Waals surface area contributed by atoms with E-state index < -0.39 is 0 Å². The first-order valence-electron chi connectivity index (χ1n) is 8.38. The Hall–Kier alpha value is -0.580. The van der Waals surface area contributed by atoms with Gasteiger partial charge < -0.3 is 10.6 Å². The molecule has 0 aromatic heterocycles. The van der Waals surface area contributed by atoms with Crippen LogP contribution in [0.2, 0.25) is 0 Å². The minimum Gasteiger partial charge on any atom is -0.342 e. The molecule has 2 fully saturated rings. The van der Waals surface area contributed by atoms with Gasteiger partial charge in [0.1, 0.15) is 0 Å². The molecular formula is C18H26BrClN2O. The highest BCUT2D eigenvalue weighted by molar-refractivity contribution is 9.10. The van der Waals surface area contributed by atoms with E-state index in [2.05, 4.69) is 33.8 Å². The number of nitrogens with two attached hydrogens (primary N) is 1. The number of amides is 1. The highest BCUT2D eigenvalue weighted by Gasteiger charge is 2.43. The Morgan fingerprint density at radius 2 is 2.09 bits per heavy atom. The van der Waals surface area contributed by atoms with Gasteiger partial charge in [-0.25, -0.2) is 0 Å². The van der Waals surface area contributed by atoms with E-state index in [-0.39, 0.29) is 18.3 Å². The smallest absolute Gasteiger partial charge is 0.226 e. The molecule has 2 aliphatic rings. The van der Waals surface area contributed by atoms with Crippen molar-refractivity contribution in [1.82, 2.24) is 4.90 Å². The van der Waals surface area contributed by atoms with E-state index in [4.69, 9.17) is 5.73 Å². The molecule has 4 unspecified atom stereocenters. The van der Waals surface area contributed by atoms with Crippen LogP contribution in [0.4, 0.5) is 0 Å². The zero-order chi connectivity index (χ0) is 15.7. The lowest BCUT2D eigenvalue weighted by Crippen LogP contribution is -2.37. The van der Waals surface area contributed by atoms with Crippen LogP contribution in [-0.2, 0) is 11.2 Å². The summed E-state index contributed by atoms with van der Waals surface area (Å²) in [6, 6.07) is 8.50. The number of hydrogen-bond donors (Lipinski definition) is 1. The summed E-state index contributed by atoms with van der Waals surface area (Å²) in [5.74, 6) is 1.57. The summed E-state index contributed by atoms with van der Waals surface area (Å²) in [7, 11) is 0. The highest BCUT2D eigenvalue weighted by Crippen LogP contribution is 2.38. The van der Waals surface area contributed by atoms with Gasteiger partial charge >= 0.3 is 0 Å². The van der Waals surface area contributed by atoms with E-state index in [0.717, 1.165) is 36.8 Å². The third-order valence-corrected chi connectivity index (χ3v) is 6.26. The molecule has 0 spiro atoms. The maximum Gasteiger partial charge on any atom is 0.226 e. The second-order valence-corrected chi connectivity index (χ2v) is 7.66. The van der Waals surface area contributed by atoms with Gasteiger partial charge in [-0.1, -0.05) is 41.1 Å². The van der Waals surface area contributed by atoms with Gasteiger partial charge in [0.15, 0.2) is 0 Å². The van der Waals surface area contributed by atoms with Crippen LogP contribution in [0.3, 0.4) is 0 Å². The molecule has 1 heterocycles. The van der Waals surface area contributed by atoms with Crippen LogP contribution in [0.25, 0.3) is 0 Å². The molecule has 4 atom stereocenters. The Morgan fingerprint density at radius 1 is 1.35 bits per heavy atom. The largest absolute Gasteiger partial charge is 0.342 e. The average Bonchev–Trinajstić information content (AvgIpc) is 3.08. The summed E-state index contributed by atoms with van der Waals surface area (Å²) >= 11 is 3.59. The van der Waals surface area contributed by atoms with Crippen LogP contribution < -0.4 is 5.73 Å². The first kappa shape index (κ1) is 18.8. The van der Waals surface area contributed by atoms with Gasteiger partial charge in [-0.2, -0.15) is 0 Å². The molecule has 0 bridgehead atoms. The predicted molar refractivity (Wildman–Crippen MR) is 99.6 cm³/mol. The fourth-order valence-electron chi connectivity index (χ4n) is 4.08. The van der Waals surface area contributed by atoms with Crippen molar-refractivity contribution >= 4 is 34.2 Å². The van der Waals surface area contributed by atoms with Crippen LogP contribution in [0.5, 0.6) is 0 Å². The molecule has 1 saturated carbocycles. The van der Waals surface area contributed by atoms with Crippen LogP contribution in [0.1, 0.15) is 31.7 Å². The van der Waals surface area contributed by atoms with Crippen LogP contribution >= 0.6 is 28.3 Å². The van der Waals surface area contributed by atoms with Gasteiger partial charge in [0.25, 0.3) is 0 Å². The number of carbonyl (C=O) groups excluding carboxylic acids is 1. The van der Waals surface area contributed by atoms with Crippen molar-refractivity contribution in [1.29, 1.82) is 0 Å². The average molecular weight is 402 g/mol. The van der Waals surface area contributed by atoms with Gasteiger partial charge in [0, 0.05) is 29.5 Å². The number of nitrogens with zero attached hydrogens (tertiary/aromatic N) is 1. The number of carbonyl (C=O) groups is 1. The number of benzene rings is 1. The Labute approximate surface area is 153 Å². The lowest BCUT2D eigenvalue weighted by atomic mass is 9.95. The van der Waals surface area contributed by atoms with Gasteiger partial charge in [-0.15, -0.1) is 12.4 Å². The SMILES string of the molecule is CCC(Cc1ccccc1Br)C(=O)N1CC2CCC(N)C2C1.Cl. The molecular weight excluding hydrogens is 376 g/mol. The first-order valence-corrected chi connectivity index (χ1v) is 9.17. The molecule has 3 nitrogen and oxygen atoms in total. The molecule has 1 saturated heterocycles. The number of likely N-dealkylation sites (tertiary alicyclic amines) is 1. The molecule has 0 radical (unpaired) electrons. The molecule has 128 valence electrons. The molecule has 1 amide bonds. The zero-order valence-electron chi connectivity index (χ0n) is 13.6. The van der Waals surface area contributed by atoms with Crippen molar-refractivity contribution in [2.45, 2.75) is 38.6 Å². The zero-order valence-corrected chi connectivity index (χ0v) is 16.0. The lowest BCUT2D eigenvalue weighted by molar-refractivity contribution is -0.134. The molecule has 1 aromatic rings. The van der Waals surface area contributed by atoms with E-state index in [1.807, 2.05) is 18.2 Å². The van der Waals surface area contributed by atoms with Crippen LogP contribution in [0.15, 0.2) is 28.7 Å². The van der Waals surface area contributed by atoms with Gasteiger partial charge in [-0.05, 0) is 49.1 Å². The minimum atomic E-state index is 0. The van der Waals surface area contributed by atoms with Crippen molar-refractivity contribution in [3.8, 4) is 0 Å². The summed E-state index contributed by atoms with van der Waals surface area (Å²) in [6.45, 7) is 3.91. The Balaban J connectivity index is 0.00000192. The van der Waals surface area contributed by atoms with Gasteiger partial charge in [-0.3, -0.25) is 4.79 Å². The minimum absolute atomic E-state index is 0. The molecule has 1 aromatic carbocycles. The summed E-state index contributed by atoms with van der Waals surface area (Å²) < 4.78 is 1.10. The third-order valence-electron chi connectivity index (χ3n) is 5.49. The lowest BCUT2D eigenvalue weighted by Gasteiger charge is -2.24. The van der Waals surface area contributed by atoms with E-state index >= 15 is 0 Å². The highest BCUT2D eigenvalue weighted by atomic mass is 79.9. The van der Waals surface area contributed by atoms with Crippen LogP contribution in [0, 0.1) is 17.8 Å². The summed E-state index contributed by atoms with van der Waals surface area (Å²) in [5.41, 5.74) is 7.41. The Bertz CT molecular complexity index is 554. The Morgan fingerprint density at radius 3 is 2.74 bits per heavy atom. The fraction of sp³-hybridized carbons (Fsp3) is 0.611. The van der Waals surface area contributed by atoms with Crippen LogP contribution in [-0.4, -0.2) is 29.9 Å². The van der Waals surface area contributed by atoms with E-state index in [0.29, 0.717) is 23.8 Å². The van der Waals surface area contributed by atoms with Crippen molar-refractivity contribution in [2.24, 2.45) is 23.5 Å². The topological polar surface area (TPSA) is 46.3 Å². The number of halogens is 2. The number of fused-ring (bicyclic) bond motifs is 1. The molecule has 23 heavy (non-hydrogen) atoms. The Kier molecular flexibility index (Phi) is 6.52. The molecule has 1 aliphatic carbocycles. The molecule has 1 aliphatic heterocycles. The summed E-state index contributed by atoms with van der Waals surface area (Å²) in [6.07, 6.45) is 4.02. The molecule has 2 N–H and O–H groups in total. The second kappa shape index (κ2) is 8.00. The molecule has 3 rings (SSSR count). The van der Waals surface area contributed by atoms with Crippen molar-refractivity contribution in [3.05, 3.63) is 34.3 Å². The van der Waals surface area contributed by atoms with Crippen molar-refractivity contribution in [2.75, 3.05) is 13.1 Å². The maximum absolute atomic E-state index is 12.9. The predicted octanol–water partition coefficient (Wildman–Crippen LogP) is 3.64. The van der Waals surface area contributed by atoms with E-state index in [1.54, 1.807) is 0 Å². The second-order valence-electron chi connectivity index (χ2n) is 6.81. The summed E-state index contributed by atoms with van der Waals surface area (Å²) in [4.78, 5) is 15.0. The molecule has 5 heteroatoms. The van der Waals surface area contributed by atoms with Gasteiger partial charge in [0.05, 0.1) is 0 Å². The third kappa shape index (κ3) is 3.92. The van der Waals surface area contributed by atoms with Crippen molar-refractivity contribution in [3.63, 3.8) is 0 Å². The van der Waals surface area contributed by atoms with E-state index in [9.17, 15) is 4.79 Å².